The van der Waals surface area contributed by atoms with E-state index in [4.69, 9.17) is 5.73 Å². The van der Waals surface area contributed by atoms with Crippen LogP contribution in [0.1, 0.15) is 19.3 Å². The van der Waals surface area contributed by atoms with Gasteiger partial charge in [0.2, 0.25) is 5.91 Å². The molecule has 0 fully saturated rings. The lowest BCUT2D eigenvalue weighted by atomic mass is 10.1. The highest BCUT2D eigenvalue weighted by atomic mass is 31.1. The Balaban J connectivity index is 3.60. The second-order valence-electron chi connectivity index (χ2n) is 3.38. The minimum absolute atomic E-state index is 0.155. The van der Waals surface area contributed by atoms with Gasteiger partial charge in [-0.2, -0.15) is 0 Å². The predicted octanol–water partition coefficient (Wildman–Crippen LogP) is -0.184. The zero-order chi connectivity index (χ0) is 13.1. The number of hydrogen-bond acceptors (Lipinski definition) is 5. The number of nitrogens with two attached hydrogens (primary N) is 1. The number of nitrogens with one attached hydrogen (secondary N) is 2. The smallest absolute Gasteiger partial charge is 0.327 e. The molecule has 8 heteroatoms. The van der Waals surface area contributed by atoms with Gasteiger partial charge < -0.3 is 15.6 Å². The first-order valence-corrected chi connectivity index (χ1v) is 6.78. The molecule has 98 valence electrons. The Morgan fingerprint density at radius 2 is 2.18 bits per heavy atom. The Labute approximate surface area is 105 Å². The molecule has 0 bridgehead atoms. The summed E-state index contributed by atoms with van der Waals surface area (Å²) >= 11 is 0. The third-order valence-corrected chi connectivity index (χ3v) is 2.75. The van der Waals surface area contributed by atoms with Gasteiger partial charge in [-0.15, -0.1) is 0 Å². The van der Waals surface area contributed by atoms with E-state index >= 15 is 0 Å². The Kier molecular flexibility index (Phi) is 10.3. The molecule has 0 saturated carbocycles. The highest BCUT2D eigenvalue weighted by molar-refractivity contribution is 7.34. The number of rotatable bonds is 9. The van der Waals surface area contributed by atoms with Crippen LogP contribution in [0.2, 0.25) is 0 Å². The molecule has 1 unspecified atom stereocenters. The summed E-state index contributed by atoms with van der Waals surface area (Å²) in [5, 5.41) is 5.46. The van der Waals surface area contributed by atoms with E-state index < -0.39 is 12.0 Å². The third-order valence-electron chi connectivity index (χ3n) is 2.04. The minimum atomic E-state index is -0.579. The van der Waals surface area contributed by atoms with E-state index in [1.807, 2.05) is 9.47 Å². The maximum atomic E-state index is 11.4. The van der Waals surface area contributed by atoms with Crippen LogP contribution in [0.3, 0.4) is 0 Å². The molecule has 0 rings (SSSR count). The van der Waals surface area contributed by atoms with Gasteiger partial charge >= 0.3 is 5.97 Å². The molecule has 6 nitrogen and oxygen atoms in total. The van der Waals surface area contributed by atoms with Gasteiger partial charge in [-0.25, -0.2) is 4.79 Å². The summed E-state index contributed by atoms with van der Waals surface area (Å²) < 4.78 is 4.31. The molecule has 2 atom stereocenters. The van der Waals surface area contributed by atoms with E-state index in [2.05, 4.69) is 21.2 Å². The average Bonchev–Trinajstić information content (AvgIpc) is 2.34. The third kappa shape index (κ3) is 9.19. The number of carbonyl (C=O) groups excluding carboxylic acids is 2. The molecule has 0 aromatic carbocycles. The normalized spacial score (nSPS) is 12.1. The number of hydrogen-bond donors (Lipinski definition) is 3. The van der Waals surface area contributed by atoms with Crippen LogP contribution < -0.4 is 16.1 Å². The lowest BCUT2D eigenvalue weighted by molar-refractivity contribution is -0.134. The number of amides is 1. The maximum absolute atomic E-state index is 11.4. The highest BCUT2D eigenvalue weighted by Gasteiger charge is 2.13. The fraction of sp³-hybridized carbons (Fsp3) is 0.667. The summed E-state index contributed by atoms with van der Waals surface area (Å²) in [6.07, 6.45) is 6.01. The summed E-state index contributed by atoms with van der Waals surface area (Å²) in [5.41, 5.74) is 5.66. The molecule has 0 spiro atoms. The van der Waals surface area contributed by atoms with Crippen LogP contribution in [0, 0.1) is 0 Å². The van der Waals surface area contributed by atoms with Crippen molar-refractivity contribution in [2.45, 2.75) is 25.3 Å². The number of unbranched alkanes of at least 4 members (excludes halogenated alkanes) is 1. The number of carbonyl (C=O) groups is 2. The Hall–Kier alpha value is -0.540. The van der Waals surface area contributed by atoms with Crippen LogP contribution in [0.25, 0.3) is 0 Å². The van der Waals surface area contributed by atoms with Crippen LogP contribution in [0.5, 0.6) is 0 Å². The van der Waals surface area contributed by atoms with Gasteiger partial charge in [-0.05, 0) is 21.2 Å². The van der Waals surface area contributed by atoms with E-state index in [9.17, 15) is 9.59 Å². The monoisotopic (exact) mass is 279 g/mol. The van der Waals surface area contributed by atoms with Crippen molar-refractivity contribution in [2.75, 3.05) is 13.1 Å². The second kappa shape index (κ2) is 10.6. The first-order valence-electron chi connectivity index (χ1n) is 5.23. The summed E-state index contributed by atoms with van der Waals surface area (Å²) in [6.45, 7) is 0.705. The van der Waals surface area contributed by atoms with E-state index in [1.165, 1.54) is 0 Å². The average molecular weight is 279 g/mol. The molecule has 17 heavy (non-hydrogen) atoms. The van der Waals surface area contributed by atoms with Crippen molar-refractivity contribution in [3.05, 3.63) is 0 Å². The lowest BCUT2D eigenvalue weighted by Gasteiger charge is -2.11. The fourth-order valence-electron chi connectivity index (χ4n) is 1.11. The molecule has 0 heterocycles. The zero-order valence-corrected chi connectivity index (χ0v) is 11.7. The van der Waals surface area contributed by atoms with Crippen LogP contribution in [-0.4, -0.2) is 37.3 Å². The van der Waals surface area contributed by atoms with Crippen molar-refractivity contribution >= 4 is 36.0 Å². The van der Waals surface area contributed by atoms with Crippen LogP contribution in [-0.2, 0) is 14.1 Å². The predicted molar refractivity (Wildman–Crippen MR) is 72.7 cm³/mol. The van der Waals surface area contributed by atoms with Gasteiger partial charge in [-0.3, -0.25) is 9.88 Å². The maximum Gasteiger partial charge on any atom is 0.327 e. The Morgan fingerprint density at radius 3 is 2.76 bits per heavy atom. The van der Waals surface area contributed by atoms with Gasteiger partial charge in [0, 0.05) is 6.54 Å². The molecule has 0 aromatic heterocycles. The largest absolute Gasteiger partial charge is 0.450 e. The van der Waals surface area contributed by atoms with E-state index in [-0.39, 0.29) is 12.5 Å². The summed E-state index contributed by atoms with van der Waals surface area (Å²) in [7, 11) is 2.73. The molecule has 0 aromatic rings. The van der Waals surface area contributed by atoms with Gasteiger partial charge in [0.1, 0.15) is 6.54 Å². The van der Waals surface area contributed by atoms with Crippen molar-refractivity contribution in [3.8, 4) is 0 Å². The molecule has 0 aliphatic rings. The van der Waals surface area contributed by atoms with Gasteiger partial charge in [-0.1, -0.05) is 12.7 Å². The first-order chi connectivity index (χ1) is 8.11. The molecule has 0 aliphatic carbocycles. The fourth-order valence-corrected chi connectivity index (χ4v) is 1.51. The van der Waals surface area contributed by atoms with E-state index in [1.54, 1.807) is 0 Å². The van der Waals surface area contributed by atoms with Crippen LogP contribution in [0.4, 0.5) is 0 Å². The van der Waals surface area contributed by atoms with Crippen molar-refractivity contribution in [3.63, 3.8) is 0 Å². The Bertz CT molecular complexity index is 264. The van der Waals surface area contributed by atoms with Crippen molar-refractivity contribution in [2.24, 2.45) is 5.73 Å². The lowest BCUT2D eigenvalue weighted by Crippen LogP contribution is -2.42. The van der Waals surface area contributed by atoms with Crippen LogP contribution in [0.15, 0.2) is 0 Å². The molecule has 0 radical (unpaired) electrons. The first kappa shape index (κ1) is 16.5. The van der Waals surface area contributed by atoms with Crippen molar-refractivity contribution in [1.82, 2.24) is 10.4 Å². The summed E-state index contributed by atoms with van der Waals surface area (Å²) in [6, 6.07) is -0.579. The van der Waals surface area contributed by atoms with Gasteiger partial charge in [0.25, 0.3) is 0 Å². The van der Waals surface area contributed by atoms with E-state index in [0.29, 0.717) is 6.42 Å². The topological polar surface area (TPSA) is 93.5 Å². The van der Waals surface area contributed by atoms with Crippen LogP contribution >= 0.6 is 17.8 Å². The highest BCUT2D eigenvalue weighted by Crippen LogP contribution is 1.99. The molecule has 1 amide bonds. The summed E-state index contributed by atoms with van der Waals surface area (Å²) in [4.78, 5) is 22.2. The SMILES string of the molecule is C=PNCCCC[C@H](N)C(=O)NCC(=O)OP. The summed E-state index contributed by atoms with van der Waals surface area (Å²) in [5.74, 6) is -0.849. The van der Waals surface area contributed by atoms with Crippen molar-refractivity contribution < 1.29 is 14.1 Å². The zero-order valence-electron chi connectivity index (χ0n) is 9.65. The van der Waals surface area contributed by atoms with Crippen molar-refractivity contribution in [1.29, 1.82) is 0 Å². The van der Waals surface area contributed by atoms with Gasteiger partial charge in [0.15, 0.2) is 0 Å². The second-order valence-corrected chi connectivity index (χ2v) is 4.24. The molecule has 0 saturated heterocycles. The minimum Gasteiger partial charge on any atom is -0.450 e. The molecular weight excluding hydrogens is 260 g/mol. The van der Waals surface area contributed by atoms with Gasteiger partial charge in [0.05, 0.1) is 15.5 Å². The Morgan fingerprint density at radius 1 is 1.47 bits per heavy atom. The van der Waals surface area contributed by atoms with E-state index in [0.717, 1.165) is 27.7 Å². The molecule has 4 N–H and O–H groups in total. The standard InChI is InChI=1S/C9H19N3O3P2/c1-17-12-5-3-2-4-7(10)9(14)11-6-8(13)15-16/h7,12H,1-6,10,16H2,(H,11,14)/t7-/m0/s1. The molecule has 0 aliphatic heterocycles. The molecular formula is C9H19N3O3P2. The quantitative estimate of drug-likeness (QED) is 0.402.